The van der Waals surface area contributed by atoms with Crippen LogP contribution in [0.5, 0.6) is 0 Å². The summed E-state index contributed by atoms with van der Waals surface area (Å²) in [5.41, 5.74) is 7.16. The highest BCUT2D eigenvalue weighted by Crippen LogP contribution is 2.41. The van der Waals surface area contributed by atoms with Crippen molar-refractivity contribution in [3.05, 3.63) is 33.6 Å². The minimum atomic E-state index is -3.28. The summed E-state index contributed by atoms with van der Waals surface area (Å²) in [6, 6.07) is 5.20. The average molecular weight is 302 g/mol. The van der Waals surface area contributed by atoms with Crippen LogP contribution in [-0.4, -0.2) is 15.0 Å². The van der Waals surface area contributed by atoms with Crippen LogP contribution in [0.4, 0.5) is 0 Å². The zero-order chi connectivity index (χ0) is 11.9. The summed E-state index contributed by atoms with van der Waals surface area (Å²) >= 11 is 3.39. The SMILES string of the molecule is CC(CN)C1=CS(=O)(=O)c2cccc(Br)c21. The van der Waals surface area contributed by atoms with E-state index in [2.05, 4.69) is 15.9 Å². The monoisotopic (exact) mass is 301 g/mol. The van der Waals surface area contributed by atoms with Gasteiger partial charge in [-0.05, 0) is 30.2 Å². The molecule has 16 heavy (non-hydrogen) atoms. The molecule has 0 aliphatic carbocycles. The molecule has 0 amide bonds. The van der Waals surface area contributed by atoms with Crippen molar-refractivity contribution < 1.29 is 8.42 Å². The fourth-order valence-electron chi connectivity index (χ4n) is 1.80. The summed E-state index contributed by atoms with van der Waals surface area (Å²) in [6.07, 6.45) is 0. The van der Waals surface area contributed by atoms with Gasteiger partial charge in [0, 0.05) is 15.4 Å². The molecular weight excluding hydrogens is 290 g/mol. The molecule has 0 bridgehead atoms. The first-order chi connectivity index (χ1) is 7.47. The second-order valence-corrected chi connectivity index (χ2v) is 6.49. The fraction of sp³-hybridized carbons (Fsp3) is 0.273. The molecule has 1 aromatic rings. The van der Waals surface area contributed by atoms with Gasteiger partial charge in [-0.15, -0.1) is 0 Å². The standard InChI is InChI=1S/C11H12BrNO2S/c1-7(5-13)8-6-16(14,15)10-4-2-3-9(12)11(8)10/h2-4,6-7H,5,13H2,1H3. The highest BCUT2D eigenvalue weighted by molar-refractivity contribution is 9.10. The molecule has 86 valence electrons. The Hall–Kier alpha value is -0.650. The second-order valence-electron chi connectivity index (χ2n) is 3.87. The molecule has 0 aromatic heterocycles. The largest absolute Gasteiger partial charge is 0.330 e. The average Bonchev–Trinajstić information content (AvgIpc) is 2.52. The zero-order valence-electron chi connectivity index (χ0n) is 8.77. The van der Waals surface area contributed by atoms with E-state index in [9.17, 15) is 8.42 Å². The lowest BCUT2D eigenvalue weighted by Gasteiger charge is -2.12. The third-order valence-electron chi connectivity index (χ3n) is 2.74. The van der Waals surface area contributed by atoms with Gasteiger partial charge in [0.25, 0.3) is 0 Å². The lowest BCUT2D eigenvalue weighted by Crippen LogP contribution is -2.11. The van der Waals surface area contributed by atoms with Crippen molar-refractivity contribution in [3.63, 3.8) is 0 Å². The molecule has 1 aliphatic heterocycles. The molecule has 1 aromatic carbocycles. The number of nitrogens with two attached hydrogens (primary N) is 1. The number of benzene rings is 1. The van der Waals surface area contributed by atoms with Gasteiger partial charge in [0.2, 0.25) is 9.84 Å². The highest BCUT2D eigenvalue weighted by Gasteiger charge is 2.30. The molecule has 0 saturated carbocycles. The third-order valence-corrected chi connectivity index (χ3v) is 4.92. The van der Waals surface area contributed by atoms with Crippen molar-refractivity contribution in [2.75, 3.05) is 6.54 Å². The number of hydrogen-bond acceptors (Lipinski definition) is 3. The second kappa shape index (κ2) is 3.98. The Balaban J connectivity index is 2.72. The minimum Gasteiger partial charge on any atom is -0.330 e. The molecule has 1 unspecified atom stereocenters. The summed E-state index contributed by atoms with van der Waals surface area (Å²) in [6.45, 7) is 2.36. The number of rotatable bonds is 2. The molecule has 1 aliphatic rings. The first-order valence-electron chi connectivity index (χ1n) is 4.93. The van der Waals surface area contributed by atoms with Crippen LogP contribution in [0.15, 0.2) is 33.0 Å². The van der Waals surface area contributed by atoms with Crippen molar-refractivity contribution in [1.29, 1.82) is 0 Å². The number of fused-ring (bicyclic) bond motifs is 1. The lowest BCUT2D eigenvalue weighted by molar-refractivity contribution is 0.605. The van der Waals surface area contributed by atoms with Crippen LogP contribution in [0.25, 0.3) is 5.57 Å². The van der Waals surface area contributed by atoms with Gasteiger partial charge in [-0.2, -0.15) is 0 Å². The van der Waals surface area contributed by atoms with Crippen molar-refractivity contribution in [1.82, 2.24) is 0 Å². The van der Waals surface area contributed by atoms with Crippen LogP contribution < -0.4 is 5.73 Å². The van der Waals surface area contributed by atoms with Gasteiger partial charge < -0.3 is 5.73 Å². The van der Waals surface area contributed by atoms with Crippen LogP contribution in [0, 0.1) is 5.92 Å². The molecule has 0 saturated heterocycles. The van der Waals surface area contributed by atoms with E-state index in [-0.39, 0.29) is 5.92 Å². The topological polar surface area (TPSA) is 60.2 Å². The summed E-state index contributed by atoms with van der Waals surface area (Å²) in [5.74, 6) is 0.0368. The van der Waals surface area contributed by atoms with Gasteiger partial charge in [-0.3, -0.25) is 0 Å². The van der Waals surface area contributed by atoms with Crippen LogP contribution >= 0.6 is 15.9 Å². The van der Waals surface area contributed by atoms with Crippen molar-refractivity contribution >= 4 is 31.3 Å². The minimum absolute atomic E-state index is 0.0368. The molecule has 3 nitrogen and oxygen atoms in total. The van der Waals surface area contributed by atoms with Crippen LogP contribution in [-0.2, 0) is 9.84 Å². The van der Waals surface area contributed by atoms with Gasteiger partial charge >= 0.3 is 0 Å². The molecule has 5 heteroatoms. The molecule has 0 fully saturated rings. The fourth-order valence-corrected chi connectivity index (χ4v) is 4.12. The molecular formula is C11H12BrNO2S. The molecule has 2 rings (SSSR count). The Labute approximate surface area is 103 Å². The Morgan fingerprint density at radius 1 is 1.44 bits per heavy atom. The van der Waals surface area contributed by atoms with E-state index in [4.69, 9.17) is 5.73 Å². The van der Waals surface area contributed by atoms with Gasteiger partial charge in [0.05, 0.1) is 4.90 Å². The van der Waals surface area contributed by atoms with E-state index in [0.29, 0.717) is 11.4 Å². The molecule has 2 N–H and O–H groups in total. The maximum Gasteiger partial charge on any atom is 0.200 e. The van der Waals surface area contributed by atoms with Gasteiger partial charge in [0.15, 0.2) is 0 Å². The Kier molecular flexibility index (Phi) is 2.94. The van der Waals surface area contributed by atoms with Crippen LogP contribution in [0.1, 0.15) is 12.5 Å². The summed E-state index contributed by atoms with van der Waals surface area (Å²) in [7, 11) is -3.28. The van der Waals surface area contributed by atoms with Crippen LogP contribution in [0.3, 0.4) is 0 Å². The van der Waals surface area contributed by atoms with E-state index < -0.39 is 9.84 Å². The maximum atomic E-state index is 11.9. The summed E-state index contributed by atoms with van der Waals surface area (Å²) in [4.78, 5) is 0.372. The van der Waals surface area contributed by atoms with Crippen molar-refractivity contribution in [2.24, 2.45) is 11.7 Å². The van der Waals surface area contributed by atoms with Crippen molar-refractivity contribution in [2.45, 2.75) is 11.8 Å². The highest BCUT2D eigenvalue weighted by atomic mass is 79.9. The number of sulfone groups is 1. The van der Waals surface area contributed by atoms with E-state index in [1.165, 1.54) is 5.41 Å². The predicted molar refractivity (Wildman–Crippen MR) is 67.5 cm³/mol. The smallest absolute Gasteiger partial charge is 0.200 e. The molecule has 1 atom stereocenters. The Bertz CT molecular complexity index is 563. The summed E-state index contributed by atoms with van der Waals surface area (Å²) in [5, 5.41) is 1.33. The lowest BCUT2D eigenvalue weighted by atomic mass is 9.96. The number of halogens is 1. The quantitative estimate of drug-likeness (QED) is 0.911. The van der Waals surface area contributed by atoms with Crippen molar-refractivity contribution in [3.8, 4) is 0 Å². The van der Waals surface area contributed by atoms with Gasteiger partial charge in [-0.1, -0.05) is 28.9 Å². The van der Waals surface area contributed by atoms with E-state index in [1.54, 1.807) is 12.1 Å². The van der Waals surface area contributed by atoms with Gasteiger partial charge in [0.1, 0.15) is 0 Å². The molecule has 0 radical (unpaired) electrons. The Morgan fingerprint density at radius 3 is 2.75 bits per heavy atom. The predicted octanol–water partition coefficient (Wildman–Crippen LogP) is 2.17. The normalized spacial score (nSPS) is 19.1. The van der Waals surface area contributed by atoms with E-state index >= 15 is 0 Å². The van der Waals surface area contributed by atoms with E-state index in [0.717, 1.165) is 15.6 Å². The number of hydrogen-bond donors (Lipinski definition) is 1. The first kappa shape index (κ1) is 11.8. The van der Waals surface area contributed by atoms with Gasteiger partial charge in [-0.25, -0.2) is 8.42 Å². The maximum absolute atomic E-state index is 11.9. The summed E-state index contributed by atoms with van der Waals surface area (Å²) < 4.78 is 24.6. The molecule has 1 heterocycles. The van der Waals surface area contributed by atoms with Crippen LogP contribution in [0.2, 0.25) is 0 Å². The molecule has 0 spiro atoms. The first-order valence-corrected chi connectivity index (χ1v) is 7.27. The zero-order valence-corrected chi connectivity index (χ0v) is 11.2. The van der Waals surface area contributed by atoms with E-state index in [1.807, 2.05) is 13.0 Å². The Morgan fingerprint density at radius 2 is 2.12 bits per heavy atom. The third kappa shape index (κ3) is 1.73.